The molecule has 0 saturated heterocycles. The van der Waals surface area contributed by atoms with Crippen molar-refractivity contribution in [2.75, 3.05) is 45.6 Å². The second-order valence-electron chi connectivity index (χ2n) is 10.9. The Morgan fingerprint density at radius 2 is 1.55 bits per heavy atom. The third-order valence-corrected chi connectivity index (χ3v) is 8.15. The molecule has 2 atom stereocenters. The first-order valence-electron chi connectivity index (χ1n) is 15.7. The second kappa shape index (κ2) is 21.8. The predicted molar refractivity (Wildman–Crippen MR) is 166 cm³/mol. The minimum absolute atomic E-state index is 0.0321. The SMILES string of the molecule is CCCCCCCCCCCCCCCCOCCCOP(=O)(O)CO[C@H](COC)Cn1cnc2c(=O)[nH]c(N)nc21. The molecule has 242 valence electrons. The van der Waals surface area contributed by atoms with E-state index in [1.807, 2.05) is 0 Å². The Bertz CT molecular complexity index is 1080. The number of anilines is 1. The second-order valence-corrected chi connectivity index (χ2v) is 12.7. The van der Waals surface area contributed by atoms with Gasteiger partial charge in [-0.05, 0) is 12.8 Å². The van der Waals surface area contributed by atoms with E-state index in [2.05, 4.69) is 21.9 Å². The first kappa shape index (κ1) is 36.4. The molecule has 0 aliphatic heterocycles. The summed E-state index contributed by atoms with van der Waals surface area (Å²) < 4.78 is 35.7. The van der Waals surface area contributed by atoms with E-state index in [-0.39, 0.29) is 31.2 Å². The zero-order valence-corrected chi connectivity index (χ0v) is 26.7. The van der Waals surface area contributed by atoms with E-state index in [9.17, 15) is 14.3 Å². The Kier molecular flexibility index (Phi) is 18.9. The number of hydrogen-bond acceptors (Lipinski definition) is 9. The normalized spacial score (nSPS) is 14.0. The maximum atomic E-state index is 12.4. The van der Waals surface area contributed by atoms with Gasteiger partial charge in [0.1, 0.15) is 6.35 Å². The van der Waals surface area contributed by atoms with Crippen LogP contribution in [0.15, 0.2) is 11.1 Å². The number of H-pyrrole nitrogens is 1. The van der Waals surface area contributed by atoms with Crippen LogP contribution in [0.2, 0.25) is 0 Å². The molecule has 0 bridgehead atoms. The highest BCUT2D eigenvalue weighted by Crippen LogP contribution is 2.42. The lowest BCUT2D eigenvalue weighted by Gasteiger charge is -2.20. The van der Waals surface area contributed by atoms with Gasteiger partial charge in [0.25, 0.3) is 5.56 Å². The highest BCUT2D eigenvalue weighted by molar-refractivity contribution is 7.52. The average molecular weight is 616 g/mol. The molecule has 0 spiro atoms. The van der Waals surface area contributed by atoms with Gasteiger partial charge >= 0.3 is 7.60 Å². The van der Waals surface area contributed by atoms with E-state index in [1.54, 1.807) is 4.57 Å². The van der Waals surface area contributed by atoms with Crippen molar-refractivity contribution < 1.29 is 28.2 Å². The highest BCUT2D eigenvalue weighted by atomic mass is 31.2. The average Bonchev–Trinajstić information content (AvgIpc) is 3.35. The van der Waals surface area contributed by atoms with Gasteiger partial charge in [-0.1, -0.05) is 90.4 Å². The minimum Gasteiger partial charge on any atom is -0.382 e. The van der Waals surface area contributed by atoms with Gasteiger partial charge in [-0.25, -0.2) is 4.98 Å². The van der Waals surface area contributed by atoms with Crippen LogP contribution in [0.4, 0.5) is 5.95 Å². The molecule has 2 aromatic rings. The maximum Gasteiger partial charge on any atom is 0.353 e. The summed E-state index contributed by atoms with van der Waals surface area (Å²) >= 11 is 0. The maximum absolute atomic E-state index is 12.4. The summed E-state index contributed by atoms with van der Waals surface area (Å²) in [6, 6.07) is 0. The Labute approximate surface area is 250 Å². The fourth-order valence-electron chi connectivity index (χ4n) is 4.77. The number of aromatic amines is 1. The van der Waals surface area contributed by atoms with Crippen molar-refractivity contribution in [1.82, 2.24) is 19.5 Å². The molecule has 0 fully saturated rings. The van der Waals surface area contributed by atoms with Crippen LogP contribution in [0.3, 0.4) is 0 Å². The monoisotopic (exact) mass is 615 g/mol. The smallest absolute Gasteiger partial charge is 0.353 e. The van der Waals surface area contributed by atoms with Crippen LogP contribution in [-0.2, 0) is 29.8 Å². The summed E-state index contributed by atoms with van der Waals surface area (Å²) in [6.07, 6.45) is 19.4. The number of hydrogen-bond donors (Lipinski definition) is 3. The van der Waals surface area contributed by atoms with E-state index < -0.39 is 25.6 Å². The fourth-order valence-corrected chi connectivity index (χ4v) is 5.66. The molecule has 42 heavy (non-hydrogen) atoms. The molecular weight excluding hydrogens is 561 g/mol. The molecule has 4 N–H and O–H groups in total. The van der Waals surface area contributed by atoms with Crippen LogP contribution < -0.4 is 11.3 Å². The molecule has 0 aliphatic carbocycles. The number of nitrogens with one attached hydrogen (secondary N) is 1. The van der Waals surface area contributed by atoms with E-state index in [1.165, 1.54) is 96.9 Å². The predicted octanol–water partition coefficient (Wildman–Crippen LogP) is 5.78. The topological polar surface area (TPSA) is 164 Å². The number of methoxy groups -OCH3 is 1. The number of ether oxygens (including phenoxy) is 3. The lowest BCUT2D eigenvalue weighted by atomic mass is 10.0. The van der Waals surface area contributed by atoms with E-state index in [0.29, 0.717) is 25.3 Å². The molecule has 0 aromatic carbocycles. The standard InChI is InChI=1S/C29H54N5O7P/c1-3-4-5-6-7-8-9-10-11-12-13-14-15-16-18-39-19-17-20-41-42(36,37)24-40-25(22-38-2)21-34-23-31-26-27(34)32-29(30)33-28(26)35/h23,25H,3-22,24H2,1-2H3,(H,36,37)(H3,30,32,33,35)/t25-/m0/s1. The number of fused-ring (bicyclic) bond motifs is 1. The largest absolute Gasteiger partial charge is 0.382 e. The van der Waals surface area contributed by atoms with Gasteiger partial charge in [0.2, 0.25) is 5.95 Å². The quantitative estimate of drug-likeness (QED) is 0.0829. The minimum atomic E-state index is -3.97. The Hall–Kier alpha value is -1.82. The molecule has 13 heteroatoms. The molecule has 2 aromatic heterocycles. The Morgan fingerprint density at radius 1 is 0.952 bits per heavy atom. The number of aromatic nitrogens is 4. The van der Waals surface area contributed by atoms with Gasteiger partial charge in [0.15, 0.2) is 11.2 Å². The summed E-state index contributed by atoms with van der Waals surface area (Å²) in [6.45, 7) is 3.88. The van der Waals surface area contributed by atoms with Gasteiger partial charge in [-0.3, -0.25) is 14.3 Å². The summed E-state index contributed by atoms with van der Waals surface area (Å²) in [4.78, 5) is 32.7. The molecule has 2 heterocycles. The van der Waals surface area contributed by atoms with E-state index in [4.69, 9.17) is 24.5 Å². The third-order valence-electron chi connectivity index (χ3n) is 7.09. The van der Waals surface area contributed by atoms with Crippen molar-refractivity contribution in [3.8, 4) is 0 Å². The number of nitrogen functional groups attached to an aromatic ring is 1. The van der Waals surface area contributed by atoms with Gasteiger partial charge in [-0.15, -0.1) is 0 Å². The van der Waals surface area contributed by atoms with Crippen LogP contribution in [0, 0.1) is 0 Å². The van der Waals surface area contributed by atoms with Crippen LogP contribution in [0.25, 0.3) is 11.2 Å². The van der Waals surface area contributed by atoms with Crippen molar-refractivity contribution in [1.29, 1.82) is 0 Å². The van der Waals surface area contributed by atoms with Gasteiger partial charge in [-0.2, -0.15) is 4.98 Å². The third kappa shape index (κ3) is 15.6. The summed E-state index contributed by atoms with van der Waals surface area (Å²) in [5.41, 5.74) is 5.63. The van der Waals surface area contributed by atoms with Gasteiger partial charge < -0.3 is 33.9 Å². The molecule has 12 nitrogen and oxygen atoms in total. The lowest BCUT2D eigenvalue weighted by molar-refractivity contribution is 0.00219. The molecule has 2 rings (SSSR count). The first-order valence-corrected chi connectivity index (χ1v) is 17.5. The summed E-state index contributed by atoms with van der Waals surface area (Å²) in [7, 11) is -2.47. The number of imidazole rings is 1. The van der Waals surface area contributed by atoms with Crippen molar-refractivity contribution >= 4 is 24.7 Å². The van der Waals surface area contributed by atoms with Gasteiger partial charge in [0.05, 0.1) is 32.2 Å². The van der Waals surface area contributed by atoms with Crippen LogP contribution in [-0.4, -0.2) is 70.4 Å². The molecule has 0 amide bonds. The number of nitrogens with two attached hydrogens (primary N) is 1. The van der Waals surface area contributed by atoms with Crippen LogP contribution >= 0.6 is 7.60 Å². The van der Waals surface area contributed by atoms with Crippen molar-refractivity contribution in [3.05, 3.63) is 16.7 Å². The molecular formula is C29H54N5O7P. The fraction of sp³-hybridized carbons (Fsp3) is 0.828. The number of unbranched alkanes of at least 4 members (excludes halogenated alkanes) is 13. The first-order chi connectivity index (χ1) is 20.4. The summed E-state index contributed by atoms with van der Waals surface area (Å²) in [5.74, 6) is -0.0321. The van der Waals surface area contributed by atoms with E-state index in [0.717, 1.165) is 6.42 Å². The van der Waals surface area contributed by atoms with Crippen molar-refractivity contribution in [2.24, 2.45) is 0 Å². The zero-order valence-electron chi connectivity index (χ0n) is 25.8. The number of rotatable bonds is 27. The van der Waals surface area contributed by atoms with E-state index >= 15 is 0 Å². The molecule has 0 radical (unpaired) electrons. The van der Waals surface area contributed by atoms with Crippen molar-refractivity contribution in [2.45, 2.75) is 116 Å². The molecule has 0 saturated carbocycles. The van der Waals surface area contributed by atoms with Crippen molar-refractivity contribution in [3.63, 3.8) is 0 Å². The van der Waals surface area contributed by atoms with Crippen LogP contribution in [0.1, 0.15) is 103 Å². The number of nitrogens with zero attached hydrogens (tertiary/aromatic N) is 3. The summed E-state index contributed by atoms with van der Waals surface area (Å²) in [5, 5.41) is 0. The van der Waals surface area contributed by atoms with Crippen LogP contribution in [0.5, 0.6) is 0 Å². The zero-order chi connectivity index (χ0) is 30.5. The highest BCUT2D eigenvalue weighted by Gasteiger charge is 2.23. The Balaban J connectivity index is 1.48. The molecule has 1 unspecified atom stereocenters. The lowest BCUT2D eigenvalue weighted by Crippen LogP contribution is -2.26. The Morgan fingerprint density at radius 3 is 2.17 bits per heavy atom. The van der Waals surface area contributed by atoms with Gasteiger partial charge in [0, 0.05) is 20.3 Å². The molecule has 0 aliphatic rings.